The van der Waals surface area contributed by atoms with E-state index in [0.29, 0.717) is 0 Å². The largest absolute Gasteiger partial charge is 0.495 e. The Bertz CT molecular complexity index is 441. The molecule has 0 bridgehead atoms. The highest BCUT2D eigenvalue weighted by molar-refractivity contribution is 9.10. The van der Waals surface area contributed by atoms with Crippen LogP contribution in [0.4, 0.5) is 0 Å². The van der Waals surface area contributed by atoms with E-state index >= 15 is 0 Å². The molecule has 0 atom stereocenters. The van der Waals surface area contributed by atoms with Gasteiger partial charge in [-0.1, -0.05) is 12.5 Å². The Morgan fingerprint density at radius 3 is 2.33 bits per heavy atom. The number of methoxy groups -OCH3 is 2. The first-order valence-electron chi connectivity index (χ1n) is 7.53. The first-order chi connectivity index (χ1) is 9.89. The number of hydrogen-bond donors (Lipinski definition) is 1. The van der Waals surface area contributed by atoms with Gasteiger partial charge < -0.3 is 14.8 Å². The van der Waals surface area contributed by atoms with Crippen molar-refractivity contribution in [3.05, 3.63) is 22.2 Å². The fourth-order valence-corrected chi connectivity index (χ4v) is 2.94. The number of aryl methyl sites for hydroxylation is 1. The number of rotatable bonds is 8. The van der Waals surface area contributed by atoms with Crippen molar-refractivity contribution < 1.29 is 9.47 Å². The summed E-state index contributed by atoms with van der Waals surface area (Å²) in [7, 11) is 3.37. The second-order valence-corrected chi connectivity index (χ2v) is 7.05. The van der Waals surface area contributed by atoms with E-state index in [1.165, 1.54) is 24.8 Å². The Morgan fingerprint density at radius 2 is 1.76 bits per heavy atom. The summed E-state index contributed by atoms with van der Waals surface area (Å²) in [6, 6.07) is 4.08. The summed E-state index contributed by atoms with van der Waals surface area (Å²) in [5.41, 5.74) is 1.44. The third kappa shape index (κ3) is 6.27. The van der Waals surface area contributed by atoms with E-state index in [9.17, 15) is 0 Å². The van der Waals surface area contributed by atoms with Crippen molar-refractivity contribution in [1.82, 2.24) is 5.32 Å². The van der Waals surface area contributed by atoms with E-state index in [1.54, 1.807) is 14.2 Å². The Kier molecular flexibility index (Phi) is 7.53. The summed E-state index contributed by atoms with van der Waals surface area (Å²) in [4.78, 5) is 0. The molecule has 1 aromatic carbocycles. The van der Waals surface area contributed by atoms with Crippen molar-refractivity contribution in [1.29, 1.82) is 0 Å². The van der Waals surface area contributed by atoms with Crippen molar-refractivity contribution in [3.63, 3.8) is 0 Å². The molecule has 0 saturated heterocycles. The van der Waals surface area contributed by atoms with Crippen molar-refractivity contribution in [2.45, 2.75) is 52.0 Å². The molecular formula is C17H28BrNO2. The standard InChI is InChI=1S/C17H28BrNO2/c1-17(2,3)19-12-8-6-7-9-13-10-11-14(20-4)15(18)16(13)21-5/h10-11,19H,6-9,12H2,1-5H3. The molecule has 1 N–H and O–H groups in total. The predicted molar refractivity (Wildman–Crippen MR) is 92.6 cm³/mol. The second-order valence-electron chi connectivity index (χ2n) is 6.26. The lowest BCUT2D eigenvalue weighted by molar-refractivity contribution is 0.385. The Hall–Kier alpha value is -0.740. The highest BCUT2D eigenvalue weighted by Crippen LogP contribution is 2.37. The van der Waals surface area contributed by atoms with Crippen molar-refractivity contribution >= 4 is 15.9 Å². The van der Waals surface area contributed by atoms with Gasteiger partial charge in [-0.15, -0.1) is 0 Å². The Morgan fingerprint density at radius 1 is 1.05 bits per heavy atom. The third-order valence-electron chi connectivity index (χ3n) is 3.35. The molecular weight excluding hydrogens is 330 g/mol. The van der Waals surface area contributed by atoms with E-state index in [0.717, 1.165) is 28.9 Å². The van der Waals surface area contributed by atoms with E-state index in [1.807, 2.05) is 6.07 Å². The van der Waals surface area contributed by atoms with Crippen molar-refractivity contribution in [2.24, 2.45) is 0 Å². The lowest BCUT2D eigenvalue weighted by atomic mass is 10.0. The number of ether oxygens (including phenoxy) is 2. The maximum atomic E-state index is 5.50. The van der Waals surface area contributed by atoms with Crippen LogP contribution in [-0.4, -0.2) is 26.3 Å². The molecule has 0 aliphatic heterocycles. The summed E-state index contributed by atoms with van der Waals surface area (Å²) in [6.45, 7) is 7.68. The van der Waals surface area contributed by atoms with Gasteiger partial charge in [-0.2, -0.15) is 0 Å². The van der Waals surface area contributed by atoms with Gasteiger partial charge in [0, 0.05) is 5.54 Å². The highest BCUT2D eigenvalue weighted by atomic mass is 79.9. The van der Waals surface area contributed by atoms with Gasteiger partial charge in [0.25, 0.3) is 0 Å². The van der Waals surface area contributed by atoms with Crippen LogP contribution in [0.2, 0.25) is 0 Å². The zero-order valence-corrected chi connectivity index (χ0v) is 15.5. The van der Waals surface area contributed by atoms with Crippen LogP contribution in [-0.2, 0) is 6.42 Å². The first kappa shape index (κ1) is 18.3. The smallest absolute Gasteiger partial charge is 0.139 e. The Labute approximate surface area is 137 Å². The molecule has 0 unspecified atom stereocenters. The highest BCUT2D eigenvalue weighted by Gasteiger charge is 2.12. The van der Waals surface area contributed by atoms with Gasteiger partial charge >= 0.3 is 0 Å². The molecule has 1 aromatic rings. The molecule has 3 nitrogen and oxygen atoms in total. The molecule has 21 heavy (non-hydrogen) atoms. The monoisotopic (exact) mass is 357 g/mol. The van der Waals surface area contributed by atoms with Crippen LogP contribution in [0.1, 0.15) is 45.6 Å². The van der Waals surface area contributed by atoms with Gasteiger partial charge in [-0.25, -0.2) is 0 Å². The van der Waals surface area contributed by atoms with Gasteiger partial charge in [-0.05, 0) is 74.1 Å². The van der Waals surface area contributed by atoms with Crippen LogP contribution in [0.15, 0.2) is 16.6 Å². The van der Waals surface area contributed by atoms with Crippen molar-refractivity contribution in [3.8, 4) is 11.5 Å². The summed E-state index contributed by atoms with van der Waals surface area (Å²) in [5, 5.41) is 3.52. The second kappa shape index (κ2) is 8.64. The number of halogens is 1. The quantitative estimate of drug-likeness (QED) is 0.691. The van der Waals surface area contributed by atoms with Gasteiger partial charge in [0.1, 0.15) is 16.0 Å². The zero-order chi connectivity index (χ0) is 15.9. The molecule has 0 saturated carbocycles. The molecule has 0 aliphatic rings. The topological polar surface area (TPSA) is 30.5 Å². The molecule has 1 rings (SSSR count). The van der Waals surface area contributed by atoms with E-state index in [4.69, 9.17) is 9.47 Å². The van der Waals surface area contributed by atoms with E-state index in [2.05, 4.69) is 48.1 Å². The molecule has 4 heteroatoms. The van der Waals surface area contributed by atoms with Gasteiger partial charge in [0.15, 0.2) is 0 Å². The molecule has 0 aliphatic carbocycles. The average molecular weight is 358 g/mol. The SMILES string of the molecule is COc1ccc(CCCCCNC(C)(C)C)c(OC)c1Br. The molecule has 0 radical (unpaired) electrons. The van der Waals surface area contributed by atoms with Crippen LogP contribution in [0.3, 0.4) is 0 Å². The van der Waals surface area contributed by atoms with Crippen LogP contribution >= 0.6 is 15.9 Å². The fourth-order valence-electron chi connectivity index (χ4n) is 2.23. The molecule has 0 heterocycles. The zero-order valence-electron chi connectivity index (χ0n) is 13.9. The average Bonchev–Trinajstić information content (AvgIpc) is 2.41. The summed E-state index contributed by atoms with van der Waals surface area (Å²) in [6.07, 6.45) is 4.62. The third-order valence-corrected chi connectivity index (χ3v) is 4.10. The minimum Gasteiger partial charge on any atom is -0.495 e. The lowest BCUT2D eigenvalue weighted by Gasteiger charge is -2.20. The molecule has 0 spiro atoms. The molecule has 0 amide bonds. The van der Waals surface area contributed by atoms with Crippen LogP contribution < -0.4 is 14.8 Å². The van der Waals surface area contributed by atoms with Crippen LogP contribution in [0.25, 0.3) is 0 Å². The molecule has 120 valence electrons. The molecule has 0 fully saturated rings. The van der Waals surface area contributed by atoms with Crippen molar-refractivity contribution in [2.75, 3.05) is 20.8 Å². The summed E-state index contributed by atoms with van der Waals surface area (Å²) < 4.78 is 11.7. The first-order valence-corrected chi connectivity index (χ1v) is 8.32. The molecule has 0 aromatic heterocycles. The summed E-state index contributed by atoms with van der Waals surface area (Å²) >= 11 is 3.55. The minimum atomic E-state index is 0.212. The summed E-state index contributed by atoms with van der Waals surface area (Å²) in [5.74, 6) is 1.70. The normalized spacial score (nSPS) is 11.5. The van der Waals surface area contributed by atoms with Crippen LogP contribution in [0.5, 0.6) is 11.5 Å². The fraction of sp³-hybridized carbons (Fsp3) is 0.647. The predicted octanol–water partition coefficient (Wildman–Crippen LogP) is 4.57. The number of benzene rings is 1. The van der Waals surface area contributed by atoms with Crippen LogP contribution in [0, 0.1) is 0 Å². The number of hydrogen-bond acceptors (Lipinski definition) is 3. The van der Waals surface area contributed by atoms with Gasteiger partial charge in [0.05, 0.1) is 14.2 Å². The Balaban J connectivity index is 2.44. The van der Waals surface area contributed by atoms with E-state index < -0.39 is 0 Å². The maximum absolute atomic E-state index is 5.50. The lowest BCUT2D eigenvalue weighted by Crippen LogP contribution is -2.36. The number of nitrogens with one attached hydrogen (secondary N) is 1. The number of unbranched alkanes of at least 4 members (excludes halogenated alkanes) is 2. The van der Waals surface area contributed by atoms with Gasteiger partial charge in [0.2, 0.25) is 0 Å². The maximum Gasteiger partial charge on any atom is 0.139 e. The van der Waals surface area contributed by atoms with Gasteiger partial charge in [-0.3, -0.25) is 0 Å². The minimum absolute atomic E-state index is 0.212. The van der Waals surface area contributed by atoms with E-state index in [-0.39, 0.29) is 5.54 Å².